The summed E-state index contributed by atoms with van der Waals surface area (Å²) in [6.45, 7) is 0. The molecular weight excluding hydrogens is 106 g/mol. The molecule has 0 spiro atoms. The maximum Gasteiger partial charge on any atom is 0.212 e. The SMILES string of the molecule is Cn1c(O)cnc1N. The van der Waals surface area contributed by atoms with E-state index in [1.807, 2.05) is 0 Å². The highest BCUT2D eigenvalue weighted by molar-refractivity contribution is 5.24. The van der Waals surface area contributed by atoms with Gasteiger partial charge in [0, 0.05) is 7.05 Å². The highest BCUT2D eigenvalue weighted by Gasteiger charge is 1.96. The summed E-state index contributed by atoms with van der Waals surface area (Å²) >= 11 is 0. The zero-order valence-corrected chi connectivity index (χ0v) is 4.50. The molecule has 0 saturated carbocycles. The lowest BCUT2D eigenvalue weighted by atomic mass is 10.8. The molecule has 0 aliphatic rings. The lowest BCUT2D eigenvalue weighted by molar-refractivity contribution is 0.433. The zero-order valence-electron chi connectivity index (χ0n) is 4.50. The van der Waals surface area contributed by atoms with Crippen molar-refractivity contribution in [1.29, 1.82) is 0 Å². The predicted molar refractivity (Wildman–Crippen MR) is 29.3 cm³/mol. The van der Waals surface area contributed by atoms with Crippen molar-refractivity contribution in [2.45, 2.75) is 0 Å². The van der Waals surface area contributed by atoms with E-state index in [0.29, 0.717) is 5.95 Å². The van der Waals surface area contributed by atoms with E-state index < -0.39 is 0 Å². The number of hydrogen-bond acceptors (Lipinski definition) is 3. The second kappa shape index (κ2) is 1.40. The number of rotatable bonds is 0. The molecule has 0 amide bonds. The molecule has 0 aliphatic carbocycles. The molecule has 1 aromatic heterocycles. The summed E-state index contributed by atoms with van der Waals surface area (Å²) in [5.41, 5.74) is 5.23. The summed E-state index contributed by atoms with van der Waals surface area (Å²) in [5, 5.41) is 8.76. The van der Waals surface area contributed by atoms with Crippen molar-refractivity contribution < 1.29 is 5.11 Å². The van der Waals surface area contributed by atoms with Crippen molar-refractivity contribution in [3.05, 3.63) is 6.20 Å². The number of nitrogen functional groups attached to an aromatic ring is 1. The highest BCUT2D eigenvalue weighted by Crippen LogP contribution is 2.08. The van der Waals surface area contributed by atoms with E-state index in [1.54, 1.807) is 7.05 Å². The van der Waals surface area contributed by atoms with Crippen LogP contribution in [0.2, 0.25) is 0 Å². The van der Waals surface area contributed by atoms with E-state index in [-0.39, 0.29) is 5.88 Å². The van der Waals surface area contributed by atoms with Crippen molar-refractivity contribution in [2.75, 3.05) is 5.73 Å². The Labute approximate surface area is 46.6 Å². The van der Waals surface area contributed by atoms with Crippen molar-refractivity contribution in [3.63, 3.8) is 0 Å². The first-order valence-corrected chi connectivity index (χ1v) is 2.18. The molecule has 0 bridgehead atoms. The first-order chi connectivity index (χ1) is 3.72. The summed E-state index contributed by atoms with van der Waals surface area (Å²) in [4.78, 5) is 3.61. The third-order valence-corrected chi connectivity index (χ3v) is 1.000. The lowest BCUT2D eigenvalue weighted by Gasteiger charge is -1.92. The Bertz CT molecular complexity index is 174. The minimum atomic E-state index is 0.0856. The largest absolute Gasteiger partial charge is 0.493 e. The van der Waals surface area contributed by atoms with Crippen LogP contribution in [0.3, 0.4) is 0 Å². The van der Waals surface area contributed by atoms with Gasteiger partial charge in [0.1, 0.15) is 0 Å². The highest BCUT2D eigenvalue weighted by atomic mass is 16.3. The molecule has 1 heterocycles. The average molecular weight is 113 g/mol. The molecule has 4 heteroatoms. The van der Waals surface area contributed by atoms with Crippen molar-refractivity contribution in [1.82, 2.24) is 9.55 Å². The quantitative estimate of drug-likeness (QED) is 0.485. The standard InChI is InChI=1S/C4H7N3O/c1-7-3(8)2-6-4(7)5/h2,8H,1H3,(H2,5,6). The van der Waals surface area contributed by atoms with E-state index in [1.165, 1.54) is 10.8 Å². The van der Waals surface area contributed by atoms with Gasteiger partial charge in [0.15, 0.2) is 0 Å². The number of aromatic hydroxyl groups is 1. The lowest BCUT2D eigenvalue weighted by Crippen LogP contribution is -1.95. The Hall–Kier alpha value is -1.19. The molecule has 8 heavy (non-hydrogen) atoms. The Morgan fingerprint density at radius 3 is 2.62 bits per heavy atom. The average Bonchev–Trinajstić information content (AvgIpc) is 1.98. The van der Waals surface area contributed by atoms with Crippen LogP contribution in [0.15, 0.2) is 6.20 Å². The van der Waals surface area contributed by atoms with Gasteiger partial charge in [-0.25, -0.2) is 4.98 Å². The molecule has 0 aliphatic heterocycles. The molecule has 0 atom stereocenters. The van der Waals surface area contributed by atoms with Crippen LogP contribution in [0.5, 0.6) is 5.88 Å². The molecule has 3 N–H and O–H groups in total. The second-order valence-electron chi connectivity index (χ2n) is 1.53. The van der Waals surface area contributed by atoms with Crippen LogP contribution in [-0.2, 0) is 7.05 Å². The normalized spacial score (nSPS) is 9.62. The summed E-state index contributed by atoms with van der Waals surface area (Å²) in [6.07, 6.45) is 1.30. The van der Waals surface area contributed by atoms with Crippen LogP contribution in [0.1, 0.15) is 0 Å². The number of hydrogen-bond donors (Lipinski definition) is 2. The van der Waals surface area contributed by atoms with E-state index in [4.69, 9.17) is 10.8 Å². The Balaban J connectivity index is 3.19. The van der Waals surface area contributed by atoms with Gasteiger partial charge in [-0.15, -0.1) is 0 Å². The van der Waals surface area contributed by atoms with Crippen LogP contribution in [-0.4, -0.2) is 14.7 Å². The first-order valence-electron chi connectivity index (χ1n) is 2.18. The molecule has 0 aromatic carbocycles. The summed E-state index contributed by atoms with van der Waals surface area (Å²) in [7, 11) is 1.64. The minimum absolute atomic E-state index is 0.0856. The summed E-state index contributed by atoms with van der Waals surface area (Å²) in [5.74, 6) is 0.407. The third-order valence-electron chi connectivity index (χ3n) is 1.000. The summed E-state index contributed by atoms with van der Waals surface area (Å²) < 4.78 is 1.39. The fraction of sp³-hybridized carbons (Fsp3) is 0.250. The predicted octanol–water partition coefficient (Wildman–Crippen LogP) is -0.292. The van der Waals surface area contributed by atoms with Gasteiger partial charge in [0.25, 0.3) is 0 Å². The van der Waals surface area contributed by atoms with Crippen LogP contribution in [0, 0.1) is 0 Å². The van der Waals surface area contributed by atoms with Gasteiger partial charge in [-0.2, -0.15) is 0 Å². The Morgan fingerprint density at radius 1 is 1.88 bits per heavy atom. The fourth-order valence-electron chi connectivity index (χ4n) is 0.414. The smallest absolute Gasteiger partial charge is 0.212 e. The molecule has 44 valence electrons. The molecule has 0 saturated heterocycles. The minimum Gasteiger partial charge on any atom is -0.493 e. The van der Waals surface area contributed by atoms with Gasteiger partial charge in [0.05, 0.1) is 6.20 Å². The molecular formula is C4H7N3O. The third kappa shape index (κ3) is 0.501. The van der Waals surface area contributed by atoms with Crippen molar-refractivity contribution in [2.24, 2.45) is 7.05 Å². The van der Waals surface area contributed by atoms with Crippen LogP contribution in [0.25, 0.3) is 0 Å². The van der Waals surface area contributed by atoms with Crippen molar-refractivity contribution >= 4 is 5.95 Å². The molecule has 0 unspecified atom stereocenters. The molecule has 1 rings (SSSR count). The van der Waals surface area contributed by atoms with Gasteiger partial charge >= 0.3 is 0 Å². The van der Waals surface area contributed by atoms with Gasteiger partial charge < -0.3 is 10.8 Å². The Morgan fingerprint density at radius 2 is 2.50 bits per heavy atom. The number of anilines is 1. The summed E-state index contributed by atoms with van der Waals surface area (Å²) in [6, 6.07) is 0. The van der Waals surface area contributed by atoms with E-state index in [0.717, 1.165) is 0 Å². The first kappa shape index (κ1) is 4.96. The molecule has 1 aromatic rings. The van der Waals surface area contributed by atoms with E-state index in [2.05, 4.69) is 4.98 Å². The van der Waals surface area contributed by atoms with Crippen LogP contribution < -0.4 is 5.73 Å². The second-order valence-corrected chi connectivity index (χ2v) is 1.53. The zero-order chi connectivity index (χ0) is 6.15. The van der Waals surface area contributed by atoms with E-state index >= 15 is 0 Å². The van der Waals surface area contributed by atoms with Crippen LogP contribution in [0.4, 0.5) is 5.95 Å². The number of imidazole rings is 1. The molecule has 0 fully saturated rings. The monoisotopic (exact) mass is 113 g/mol. The Kier molecular flexibility index (Phi) is 0.865. The number of aromatic nitrogens is 2. The topological polar surface area (TPSA) is 64.1 Å². The molecule has 4 nitrogen and oxygen atoms in total. The van der Waals surface area contributed by atoms with Gasteiger partial charge in [-0.3, -0.25) is 4.57 Å². The van der Waals surface area contributed by atoms with E-state index in [9.17, 15) is 0 Å². The fourth-order valence-corrected chi connectivity index (χ4v) is 0.414. The maximum absolute atomic E-state index is 8.76. The number of nitrogens with zero attached hydrogens (tertiary/aromatic N) is 2. The van der Waals surface area contributed by atoms with Gasteiger partial charge in [-0.05, 0) is 0 Å². The number of nitrogens with two attached hydrogens (primary N) is 1. The van der Waals surface area contributed by atoms with Crippen LogP contribution >= 0.6 is 0 Å². The van der Waals surface area contributed by atoms with Gasteiger partial charge in [0.2, 0.25) is 11.8 Å². The molecule has 0 radical (unpaired) electrons. The van der Waals surface area contributed by atoms with Crippen molar-refractivity contribution in [3.8, 4) is 5.88 Å². The van der Waals surface area contributed by atoms with Gasteiger partial charge in [-0.1, -0.05) is 0 Å². The maximum atomic E-state index is 8.76.